The molecule has 1 aromatic heterocycles. The molecule has 154 valence electrons. The maximum absolute atomic E-state index is 13.4. The summed E-state index contributed by atoms with van der Waals surface area (Å²) in [6.45, 7) is 0.276. The van der Waals surface area contributed by atoms with Crippen LogP contribution in [0.1, 0.15) is 12.0 Å². The van der Waals surface area contributed by atoms with Gasteiger partial charge >= 0.3 is 6.09 Å². The number of nitriles is 1. The van der Waals surface area contributed by atoms with Crippen molar-refractivity contribution in [1.82, 2.24) is 20.4 Å². The van der Waals surface area contributed by atoms with E-state index in [1.165, 1.54) is 13.3 Å². The molecule has 4 N–H and O–H groups in total. The van der Waals surface area contributed by atoms with Gasteiger partial charge in [-0.2, -0.15) is 10.4 Å². The Bertz CT molecular complexity index is 1100. The van der Waals surface area contributed by atoms with Gasteiger partial charge in [-0.05, 0) is 0 Å². The average molecular weight is 411 g/mol. The Kier molecular flexibility index (Phi) is 3.83. The third-order valence-electron chi connectivity index (χ3n) is 6.11. The lowest BCUT2D eigenvalue weighted by atomic mass is 9.82. The first-order valence-corrected chi connectivity index (χ1v) is 9.26. The van der Waals surface area contributed by atoms with Crippen molar-refractivity contribution in [3.8, 4) is 6.07 Å². The number of piperazine rings is 1. The van der Waals surface area contributed by atoms with Gasteiger partial charge in [0.15, 0.2) is 17.3 Å². The number of hydrogen-bond donors (Lipinski definition) is 3. The minimum Gasteiger partial charge on any atom is -0.449 e. The summed E-state index contributed by atoms with van der Waals surface area (Å²) >= 11 is 0. The minimum absolute atomic E-state index is 0.0173. The number of Topliss-reactive ketones (excluding diaryl/α,β-unsaturated/α-hetero) is 2. The van der Waals surface area contributed by atoms with E-state index in [0.717, 1.165) is 0 Å². The molecule has 0 spiro atoms. The Morgan fingerprint density at radius 3 is 3.03 bits per heavy atom. The Morgan fingerprint density at radius 1 is 1.53 bits per heavy atom. The van der Waals surface area contributed by atoms with E-state index < -0.39 is 23.5 Å². The molecule has 30 heavy (non-hydrogen) atoms. The van der Waals surface area contributed by atoms with Crippen molar-refractivity contribution in [1.29, 1.82) is 5.26 Å². The SMILES string of the molecule is COC12C(COC(N)=O)C3=C(C(=O)CC(=Nc4[nH]ncc4C#N)C3=O)N1CC1NC12. The largest absolute Gasteiger partial charge is 0.449 e. The Balaban J connectivity index is 1.60. The van der Waals surface area contributed by atoms with Crippen LogP contribution in [0.25, 0.3) is 0 Å². The number of primary amides is 1. The van der Waals surface area contributed by atoms with Crippen LogP contribution in [0.2, 0.25) is 0 Å². The highest BCUT2D eigenvalue weighted by atomic mass is 16.6. The average Bonchev–Trinajstić information content (AvgIpc) is 3.09. The quantitative estimate of drug-likeness (QED) is 0.516. The smallest absolute Gasteiger partial charge is 0.404 e. The first-order valence-electron chi connectivity index (χ1n) is 9.26. The van der Waals surface area contributed by atoms with Crippen LogP contribution in [0, 0.1) is 17.2 Å². The van der Waals surface area contributed by atoms with Crippen molar-refractivity contribution < 1.29 is 23.9 Å². The number of allylic oxidation sites excluding steroid dienone is 1. The van der Waals surface area contributed by atoms with Crippen LogP contribution in [0.4, 0.5) is 10.6 Å². The molecule has 5 rings (SSSR count). The second-order valence-corrected chi connectivity index (χ2v) is 7.49. The van der Waals surface area contributed by atoms with Crippen molar-refractivity contribution in [3.05, 3.63) is 23.0 Å². The summed E-state index contributed by atoms with van der Waals surface area (Å²) in [5.41, 5.74) is 4.73. The molecule has 12 heteroatoms. The van der Waals surface area contributed by atoms with Gasteiger partial charge in [-0.3, -0.25) is 14.7 Å². The van der Waals surface area contributed by atoms with E-state index in [2.05, 4.69) is 20.5 Å². The zero-order valence-corrected chi connectivity index (χ0v) is 15.8. The van der Waals surface area contributed by atoms with Crippen LogP contribution >= 0.6 is 0 Å². The number of carbonyl (C=O) groups is 3. The Morgan fingerprint density at radius 2 is 2.33 bits per heavy atom. The molecule has 0 aromatic carbocycles. The van der Waals surface area contributed by atoms with Crippen molar-refractivity contribution in [2.75, 3.05) is 20.3 Å². The number of aromatic amines is 1. The van der Waals surface area contributed by atoms with Crippen LogP contribution in [0.5, 0.6) is 0 Å². The molecule has 0 radical (unpaired) electrons. The molecule has 1 aromatic rings. The van der Waals surface area contributed by atoms with Gasteiger partial charge in [0.05, 0.1) is 36.0 Å². The Labute approximate surface area is 169 Å². The number of rotatable bonds is 4. The Hall–Kier alpha value is -3.56. The summed E-state index contributed by atoms with van der Waals surface area (Å²) in [5.74, 6) is -1.37. The molecular weight excluding hydrogens is 394 g/mol. The van der Waals surface area contributed by atoms with Crippen molar-refractivity contribution in [3.63, 3.8) is 0 Å². The second kappa shape index (κ2) is 6.22. The lowest BCUT2D eigenvalue weighted by molar-refractivity contribution is -0.137. The highest BCUT2D eigenvalue weighted by Gasteiger charge is 2.72. The van der Waals surface area contributed by atoms with E-state index in [1.807, 2.05) is 6.07 Å². The molecule has 2 fully saturated rings. The number of amides is 1. The summed E-state index contributed by atoms with van der Waals surface area (Å²) in [5, 5.41) is 18.7. The van der Waals surface area contributed by atoms with Gasteiger partial charge in [-0.15, -0.1) is 0 Å². The molecule has 4 atom stereocenters. The van der Waals surface area contributed by atoms with Gasteiger partial charge < -0.3 is 25.4 Å². The van der Waals surface area contributed by atoms with Crippen molar-refractivity contribution >= 4 is 29.2 Å². The topological polar surface area (TPSA) is 186 Å². The number of ether oxygens (including phenoxy) is 2. The number of aliphatic imine (C=N–C) groups is 1. The zero-order chi connectivity index (χ0) is 21.2. The molecule has 1 aliphatic carbocycles. The molecule has 4 unspecified atom stereocenters. The number of nitrogens with one attached hydrogen (secondary N) is 2. The summed E-state index contributed by atoms with van der Waals surface area (Å²) in [7, 11) is 1.50. The van der Waals surface area contributed by atoms with Crippen LogP contribution in [0.15, 0.2) is 22.5 Å². The summed E-state index contributed by atoms with van der Waals surface area (Å²) in [6, 6.07) is 1.93. The van der Waals surface area contributed by atoms with Crippen molar-refractivity contribution in [2.45, 2.75) is 24.2 Å². The van der Waals surface area contributed by atoms with Gasteiger partial charge in [-0.25, -0.2) is 9.79 Å². The molecule has 3 aliphatic heterocycles. The van der Waals surface area contributed by atoms with Crippen LogP contribution in [-0.4, -0.2) is 76.5 Å². The monoisotopic (exact) mass is 411 g/mol. The van der Waals surface area contributed by atoms with Crippen LogP contribution in [-0.2, 0) is 19.1 Å². The number of aromatic nitrogens is 2. The summed E-state index contributed by atoms with van der Waals surface area (Å²) in [6.07, 6.45) is 0.0803. The molecular formula is C18H17N7O5. The molecule has 4 heterocycles. The number of hydrogen-bond acceptors (Lipinski definition) is 10. The lowest BCUT2D eigenvalue weighted by Crippen LogP contribution is -2.55. The highest BCUT2D eigenvalue weighted by Crippen LogP contribution is 2.55. The normalized spacial score (nSPS) is 32.7. The van der Waals surface area contributed by atoms with Gasteiger partial charge in [0, 0.05) is 25.3 Å². The number of ketones is 2. The van der Waals surface area contributed by atoms with E-state index in [4.69, 9.17) is 20.5 Å². The number of fused-ring (bicyclic) bond motifs is 4. The fourth-order valence-corrected chi connectivity index (χ4v) is 4.89. The van der Waals surface area contributed by atoms with Crippen molar-refractivity contribution in [2.24, 2.45) is 16.6 Å². The van der Waals surface area contributed by atoms with Crippen LogP contribution in [0.3, 0.4) is 0 Å². The number of nitrogens with zero attached hydrogens (tertiary/aromatic N) is 4. The zero-order valence-electron chi connectivity index (χ0n) is 15.8. The fraction of sp³-hybridized carbons (Fsp3) is 0.444. The second-order valence-electron chi connectivity index (χ2n) is 7.49. The standard InChI is InChI=1S/C18H17N7O5/c1-29-18-8(6-30-17(20)28)12-13(25(18)5-10-15(18)22-10)11(26)2-9(14(12)27)23-16-7(3-19)4-21-24-16/h4,8,10,15,22H,2,5-6H2,1H3,(H2,20,28)(H,21,24). The maximum atomic E-state index is 13.4. The molecule has 2 saturated heterocycles. The molecule has 0 bridgehead atoms. The van der Waals surface area contributed by atoms with Gasteiger partial charge in [0.1, 0.15) is 18.2 Å². The number of H-pyrrole nitrogens is 1. The molecule has 4 aliphatic rings. The van der Waals surface area contributed by atoms with E-state index in [9.17, 15) is 14.4 Å². The van der Waals surface area contributed by atoms with E-state index >= 15 is 0 Å². The van der Waals surface area contributed by atoms with Crippen LogP contribution < -0.4 is 11.1 Å². The highest BCUT2D eigenvalue weighted by molar-refractivity contribution is 6.52. The molecule has 1 amide bonds. The predicted octanol–water partition coefficient (Wildman–Crippen LogP) is -1.13. The third-order valence-corrected chi connectivity index (χ3v) is 6.11. The fourth-order valence-electron chi connectivity index (χ4n) is 4.89. The lowest BCUT2D eigenvalue weighted by Gasteiger charge is -2.39. The maximum Gasteiger partial charge on any atom is 0.404 e. The van der Waals surface area contributed by atoms with E-state index in [-0.39, 0.29) is 59.3 Å². The van der Waals surface area contributed by atoms with Gasteiger partial charge in [0.2, 0.25) is 5.78 Å². The number of methoxy groups -OCH3 is 1. The first kappa shape index (κ1) is 18.5. The van der Waals surface area contributed by atoms with Gasteiger partial charge in [-0.1, -0.05) is 0 Å². The minimum atomic E-state index is -1.03. The summed E-state index contributed by atoms with van der Waals surface area (Å²) in [4.78, 5) is 43.8. The molecule has 0 saturated carbocycles. The molecule has 12 nitrogen and oxygen atoms in total. The van der Waals surface area contributed by atoms with Gasteiger partial charge in [0.25, 0.3) is 0 Å². The summed E-state index contributed by atoms with van der Waals surface area (Å²) < 4.78 is 10.9. The predicted molar refractivity (Wildman–Crippen MR) is 98.2 cm³/mol. The third kappa shape index (κ3) is 2.30. The van der Waals surface area contributed by atoms with E-state index in [0.29, 0.717) is 6.54 Å². The number of nitrogens with two attached hydrogens (primary N) is 1. The number of carbonyl (C=O) groups excluding carboxylic acids is 3. The first-order chi connectivity index (χ1) is 14.4. The van der Waals surface area contributed by atoms with E-state index in [1.54, 1.807) is 4.90 Å².